The van der Waals surface area contributed by atoms with Gasteiger partial charge in [-0.3, -0.25) is 4.72 Å². The summed E-state index contributed by atoms with van der Waals surface area (Å²) in [6, 6.07) is 10.5. The van der Waals surface area contributed by atoms with E-state index in [1.807, 2.05) is 16.7 Å². The van der Waals surface area contributed by atoms with E-state index in [1.54, 1.807) is 43.7 Å². The molecule has 1 aromatic carbocycles. The predicted molar refractivity (Wildman–Crippen MR) is 121 cm³/mol. The van der Waals surface area contributed by atoms with Gasteiger partial charge in [-0.05, 0) is 30.5 Å². The van der Waals surface area contributed by atoms with Crippen LogP contribution in [0.2, 0.25) is 0 Å². The molecule has 0 aliphatic carbocycles. The molecule has 0 fully saturated rings. The monoisotopic (exact) mass is 477 g/mol. The molecule has 162 valence electrons. The number of nitrogens with one attached hydrogen (secondary N) is 1. The van der Waals surface area contributed by atoms with Gasteiger partial charge >= 0.3 is 5.97 Å². The third-order valence-corrected chi connectivity index (χ3v) is 8.15. The van der Waals surface area contributed by atoms with Crippen molar-refractivity contribution in [2.45, 2.75) is 17.9 Å². The van der Waals surface area contributed by atoms with Crippen LogP contribution in [0.1, 0.15) is 16.6 Å². The van der Waals surface area contributed by atoms with E-state index in [0.29, 0.717) is 26.8 Å². The Bertz CT molecular complexity index is 1320. The van der Waals surface area contributed by atoms with Crippen LogP contribution in [0.15, 0.2) is 52.2 Å². The lowest BCUT2D eigenvalue weighted by Gasteiger charge is -2.13. The molecule has 11 heteroatoms. The van der Waals surface area contributed by atoms with E-state index >= 15 is 0 Å². The molecular formula is C20H19N3O5S3. The van der Waals surface area contributed by atoms with Crippen LogP contribution >= 0.6 is 22.7 Å². The Morgan fingerprint density at radius 2 is 2.10 bits per heavy atom. The molecule has 0 aliphatic rings. The lowest BCUT2D eigenvalue weighted by molar-refractivity contribution is 0.0532. The number of sulfonamides is 1. The molecule has 3 aromatic heterocycles. The molecule has 0 spiro atoms. The Labute approximate surface area is 187 Å². The van der Waals surface area contributed by atoms with Crippen LogP contribution in [0.5, 0.6) is 0 Å². The molecule has 0 aliphatic heterocycles. The first-order valence-corrected chi connectivity index (χ1v) is 12.4. The number of benzene rings is 1. The van der Waals surface area contributed by atoms with Crippen molar-refractivity contribution in [3.63, 3.8) is 0 Å². The van der Waals surface area contributed by atoms with Crippen LogP contribution < -0.4 is 4.72 Å². The summed E-state index contributed by atoms with van der Waals surface area (Å²) in [5.41, 5.74) is 1.80. The first-order valence-electron chi connectivity index (χ1n) is 9.25. The van der Waals surface area contributed by atoms with Gasteiger partial charge in [-0.2, -0.15) is 0 Å². The zero-order chi connectivity index (χ0) is 22.0. The largest absolute Gasteiger partial charge is 0.462 e. The van der Waals surface area contributed by atoms with Crippen molar-refractivity contribution < 1.29 is 22.7 Å². The summed E-state index contributed by atoms with van der Waals surface area (Å²) >= 11 is 2.35. The number of fused-ring (bicyclic) bond motifs is 1. The number of rotatable bonds is 8. The SMILES string of the molecule is CCOC(=O)c1cnc(-c2cc3cccc(NS(=O)(=O)c4cccs4)c3n2COC)s1. The fraction of sp³-hybridized carbons (Fsp3) is 0.200. The average molecular weight is 478 g/mol. The fourth-order valence-corrected chi connectivity index (χ4v) is 6.04. The highest BCUT2D eigenvalue weighted by atomic mass is 32.2. The third-order valence-electron chi connectivity index (χ3n) is 4.38. The van der Waals surface area contributed by atoms with Gasteiger partial charge in [0.25, 0.3) is 10.0 Å². The molecule has 4 aromatic rings. The Morgan fingerprint density at radius 3 is 2.81 bits per heavy atom. The molecule has 0 radical (unpaired) electrons. The van der Waals surface area contributed by atoms with Crippen LogP contribution in [0, 0.1) is 0 Å². The molecule has 0 atom stereocenters. The number of hydrogen-bond donors (Lipinski definition) is 1. The number of thiophene rings is 1. The summed E-state index contributed by atoms with van der Waals surface area (Å²) < 4.78 is 40.7. The molecule has 4 rings (SSSR count). The van der Waals surface area contributed by atoms with Gasteiger partial charge in [-0.1, -0.05) is 18.2 Å². The number of thiazole rings is 1. The highest BCUT2D eigenvalue weighted by molar-refractivity contribution is 7.94. The number of hydrogen-bond acceptors (Lipinski definition) is 8. The molecule has 0 amide bonds. The minimum atomic E-state index is -3.72. The van der Waals surface area contributed by atoms with E-state index in [4.69, 9.17) is 9.47 Å². The van der Waals surface area contributed by atoms with Crippen molar-refractivity contribution >= 4 is 55.3 Å². The van der Waals surface area contributed by atoms with Crippen LogP contribution in [-0.2, 0) is 26.2 Å². The first-order chi connectivity index (χ1) is 14.9. The van der Waals surface area contributed by atoms with Crippen LogP contribution in [0.3, 0.4) is 0 Å². The summed E-state index contributed by atoms with van der Waals surface area (Å²) in [7, 11) is -2.17. The zero-order valence-corrected chi connectivity index (χ0v) is 19.1. The number of nitrogens with zero attached hydrogens (tertiary/aromatic N) is 2. The maximum Gasteiger partial charge on any atom is 0.349 e. The second-order valence-electron chi connectivity index (χ2n) is 6.41. The van der Waals surface area contributed by atoms with Crippen molar-refractivity contribution in [1.82, 2.24) is 9.55 Å². The number of carbonyl (C=O) groups excluding carboxylic acids is 1. The molecule has 1 N–H and O–H groups in total. The molecule has 0 unspecified atom stereocenters. The van der Waals surface area contributed by atoms with Gasteiger partial charge in [0.05, 0.1) is 29.7 Å². The number of para-hydroxylation sites is 1. The smallest absolute Gasteiger partial charge is 0.349 e. The summed E-state index contributed by atoms with van der Waals surface area (Å²) in [6.45, 7) is 2.20. The predicted octanol–water partition coefficient (Wildman–Crippen LogP) is 4.41. The van der Waals surface area contributed by atoms with Gasteiger partial charge in [0.2, 0.25) is 0 Å². The normalized spacial score (nSPS) is 11.7. The highest BCUT2D eigenvalue weighted by Crippen LogP contribution is 2.35. The molecule has 8 nitrogen and oxygen atoms in total. The maximum atomic E-state index is 12.8. The third kappa shape index (κ3) is 4.22. The van der Waals surface area contributed by atoms with Crippen LogP contribution in [0.4, 0.5) is 5.69 Å². The van der Waals surface area contributed by atoms with Crippen molar-refractivity contribution in [2.24, 2.45) is 0 Å². The summed E-state index contributed by atoms with van der Waals surface area (Å²) in [6.07, 6.45) is 1.48. The van der Waals surface area contributed by atoms with E-state index in [-0.39, 0.29) is 17.5 Å². The van der Waals surface area contributed by atoms with Crippen molar-refractivity contribution in [1.29, 1.82) is 0 Å². The van der Waals surface area contributed by atoms with Gasteiger partial charge in [0.15, 0.2) is 0 Å². The second-order valence-corrected chi connectivity index (χ2v) is 10.3. The van der Waals surface area contributed by atoms with Gasteiger partial charge in [0.1, 0.15) is 20.8 Å². The Kier molecular flexibility index (Phi) is 6.10. The summed E-state index contributed by atoms with van der Waals surface area (Å²) in [4.78, 5) is 16.8. The van der Waals surface area contributed by atoms with Crippen LogP contribution in [-0.4, -0.2) is 37.7 Å². The lowest BCUT2D eigenvalue weighted by Crippen LogP contribution is -2.13. The molecular weight excluding hydrogens is 458 g/mol. The van der Waals surface area contributed by atoms with E-state index in [9.17, 15) is 13.2 Å². The molecule has 0 saturated carbocycles. The number of anilines is 1. The number of methoxy groups -OCH3 is 1. The lowest BCUT2D eigenvalue weighted by atomic mass is 10.2. The average Bonchev–Trinajstić information content (AvgIpc) is 3.48. The Morgan fingerprint density at radius 1 is 1.26 bits per heavy atom. The minimum absolute atomic E-state index is 0.172. The standard InChI is InChI=1S/C20H19N3O5S3/c1-3-28-20(24)16-11-21-19(30-16)15-10-13-6-4-7-14(18(13)23(15)12-27-2)22-31(25,26)17-8-5-9-29-17/h4-11,22H,3,12H2,1-2H3. The number of carbonyl (C=O) groups is 1. The number of ether oxygens (including phenoxy) is 2. The number of aromatic nitrogens is 2. The van der Waals surface area contributed by atoms with Crippen molar-refractivity contribution in [2.75, 3.05) is 18.4 Å². The van der Waals surface area contributed by atoms with Gasteiger partial charge < -0.3 is 14.0 Å². The van der Waals surface area contributed by atoms with E-state index in [1.165, 1.54) is 17.5 Å². The quantitative estimate of drug-likeness (QED) is 0.378. The minimum Gasteiger partial charge on any atom is -0.462 e. The summed E-state index contributed by atoms with van der Waals surface area (Å²) in [5.74, 6) is -0.426. The molecule has 31 heavy (non-hydrogen) atoms. The first kappa shape index (κ1) is 21.5. The molecule has 0 saturated heterocycles. The van der Waals surface area contributed by atoms with Crippen molar-refractivity contribution in [3.8, 4) is 10.7 Å². The molecule has 3 heterocycles. The van der Waals surface area contributed by atoms with E-state index in [0.717, 1.165) is 16.7 Å². The second kappa shape index (κ2) is 8.79. The van der Waals surface area contributed by atoms with E-state index in [2.05, 4.69) is 9.71 Å². The maximum absolute atomic E-state index is 12.8. The Balaban J connectivity index is 1.81. The fourth-order valence-electron chi connectivity index (χ4n) is 3.15. The van der Waals surface area contributed by atoms with Crippen LogP contribution in [0.25, 0.3) is 21.6 Å². The Hall–Kier alpha value is -2.73. The van der Waals surface area contributed by atoms with Gasteiger partial charge in [-0.15, -0.1) is 22.7 Å². The number of esters is 1. The van der Waals surface area contributed by atoms with Gasteiger partial charge in [-0.25, -0.2) is 18.2 Å². The summed E-state index contributed by atoms with van der Waals surface area (Å²) in [5, 5.41) is 3.12. The van der Waals surface area contributed by atoms with E-state index < -0.39 is 16.0 Å². The highest BCUT2D eigenvalue weighted by Gasteiger charge is 2.21. The van der Waals surface area contributed by atoms with Gasteiger partial charge in [0, 0.05) is 12.5 Å². The molecule has 0 bridgehead atoms. The zero-order valence-electron chi connectivity index (χ0n) is 16.7. The van der Waals surface area contributed by atoms with Crippen molar-refractivity contribution in [3.05, 3.63) is 52.9 Å². The topological polar surface area (TPSA) is 99.5 Å².